The minimum Gasteiger partial charge on any atom is -0.316 e. The highest BCUT2D eigenvalue weighted by atomic mass is 15.2. The molecular weight excluding hydrogens is 196 g/mol. The molecule has 1 N–H and O–H groups in total. The maximum Gasteiger partial charge on any atom is 0.0136 e. The van der Waals surface area contributed by atoms with Gasteiger partial charge in [-0.05, 0) is 64.2 Å². The zero-order chi connectivity index (χ0) is 11.2. The highest BCUT2D eigenvalue weighted by molar-refractivity contribution is 4.90. The Morgan fingerprint density at radius 1 is 1.06 bits per heavy atom. The van der Waals surface area contributed by atoms with Crippen molar-refractivity contribution in [2.75, 3.05) is 26.2 Å². The Balaban J connectivity index is 1.71. The van der Waals surface area contributed by atoms with Gasteiger partial charge in [0.2, 0.25) is 0 Å². The zero-order valence-electron chi connectivity index (χ0n) is 10.9. The van der Waals surface area contributed by atoms with Gasteiger partial charge in [-0.2, -0.15) is 0 Å². The predicted molar refractivity (Wildman–Crippen MR) is 69.7 cm³/mol. The van der Waals surface area contributed by atoms with E-state index in [1.807, 2.05) is 0 Å². The lowest BCUT2D eigenvalue weighted by Crippen LogP contribution is -2.50. The molecule has 2 fully saturated rings. The maximum absolute atomic E-state index is 3.60. The normalized spacial score (nSPS) is 32.1. The van der Waals surface area contributed by atoms with Crippen LogP contribution in [-0.4, -0.2) is 37.1 Å². The van der Waals surface area contributed by atoms with Crippen molar-refractivity contribution in [3.63, 3.8) is 0 Å². The maximum atomic E-state index is 3.60. The van der Waals surface area contributed by atoms with Gasteiger partial charge >= 0.3 is 0 Å². The van der Waals surface area contributed by atoms with Crippen LogP contribution in [0.25, 0.3) is 0 Å². The van der Waals surface area contributed by atoms with E-state index in [2.05, 4.69) is 17.1 Å². The molecule has 1 aliphatic carbocycles. The van der Waals surface area contributed by atoms with Crippen molar-refractivity contribution in [2.24, 2.45) is 5.92 Å². The fraction of sp³-hybridized carbons (Fsp3) is 1.00. The molecule has 2 rings (SSSR count). The Bertz CT molecular complexity index is 185. The van der Waals surface area contributed by atoms with Crippen molar-refractivity contribution in [3.8, 4) is 0 Å². The van der Waals surface area contributed by atoms with E-state index in [9.17, 15) is 0 Å². The van der Waals surface area contributed by atoms with Crippen molar-refractivity contribution in [1.29, 1.82) is 0 Å². The van der Waals surface area contributed by atoms with Crippen LogP contribution in [0.15, 0.2) is 0 Å². The first kappa shape index (κ1) is 12.4. The van der Waals surface area contributed by atoms with Crippen LogP contribution in [-0.2, 0) is 0 Å². The van der Waals surface area contributed by atoms with Crippen molar-refractivity contribution in [1.82, 2.24) is 10.2 Å². The smallest absolute Gasteiger partial charge is 0.0136 e. The van der Waals surface area contributed by atoms with Gasteiger partial charge in [-0.25, -0.2) is 0 Å². The number of hydrogen-bond donors (Lipinski definition) is 1. The molecule has 1 saturated carbocycles. The van der Waals surface area contributed by atoms with Gasteiger partial charge in [-0.15, -0.1) is 0 Å². The Morgan fingerprint density at radius 3 is 2.38 bits per heavy atom. The molecule has 0 aromatic carbocycles. The van der Waals surface area contributed by atoms with E-state index in [1.54, 1.807) is 0 Å². The monoisotopic (exact) mass is 224 g/mol. The molecule has 0 bridgehead atoms. The Hall–Kier alpha value is -0.0800. The second kappa shape index (κ2) is 6.61. The second-order valence-corrected chi connectivity index (χ2v) is 5.56. The van der Waals surface area contributed by atoms with Gasteiger partial charge in [-0.3, -0.25) is 0 Å². The number of likely N-dealkylation sites (tertiary alicyclic amines) is 1. The van der Waals surface area contributed by atoms with Crippen LogP contribution in [0.3, 0.4) is 0 Å². The van der Waals surface area contributed by atoms with Crippen LogP contribution in [0.4, 0.5) is 0 Å². The highest BCUT2D eigenvalue weighted by Crippen LogP contribution is 2.32. The summed E-state index contributed by atoms with van der Waals surface area (Å²) in [5, 5.41) is 3.60. The van der Waals surface area contributed by atoms with E-state index in [0.29, 0.717) is 0 Å². The Kier molecular flexibility index (Phi) is 5.11. The quantitative estimate of drug-likeness (QED) is 0.722. The molecule has 0 spiro atoms. The van der Waals surface area contributed by atoms with Crippen molar-refractivity contribution in [3.05, 3.63) is 0 Å². The van der Waals surface area contributed by atoms with Crippen molar-refractivity contribution in [2.45, 2.75) is 57.9 Å². The van der Waals surface area contributed by atoms with E-state index in [4.69, 9.17) is 0 Å². The van der Waals surface area contributed by atoms with Crippen LogP contribution in [0.1, 0.15) is 51.9 Å². The first-order valence-electron chi connectivity index (χ1n) is 7.36. The summed E-state index contributed by atoms with van der Waals surface area (Å²) in [4.78, 5) is 2.79. The molecule has 1 heterocycles. The molecule has 2 unspecified atom stereocenters. The van der Waals surface area contributed by atoms with Crippen LogP contribution in [0.5, 0.6) is 0 Å². The van der Waals surface area contributed by atoms with E-state index < -0.39 is 0 Å². The topological polar surface area (TPSA) is 15.3 Å². The summed E-state index contributed by atoms with van der Waals surface area (Å²) in [6.07, 6.45) is 9.97. The summed E-state index contributed by atoms with van der Waals surface area (Å²) in [5.74, 6) is 0.949. The largest absolute Gasteiger partial charge is 0.316 e. The molecule has 1 saturated heterocycles. The van der Waals surface area contributed by atoms with Gasteiger partial charge in [0, 0.05) is 6.04 Å². The van der Waals surface area contributed by atoms with Gasteiger partial charge in [-0.1, -0.05) is 19.8 Å². The van der Waals surface area contributed by atoms with Crippen LogP contribution < -0.4 is 5.32 Å². The third-order valence-electron chi connectivity index (χ3n) is 4.32. The van der Waals surface area contributed by atoms with E-state index in [1.165, 1.54) is 71.1 Å². The third kappa shape index (κ3) is 3.21. The molecule has 94 valence electrons. The minimum absolute atomic E-state index is 0.919. The molecular formula is C14H28N2. The summed E-state index contributed by atoms with van der Waals surface area (Å²) in [7, 11) is 0. The molecule has 16 heavy (non-hydrogen) atoms. The van der Waals surface area contributed by atoms with E-state index >= 15 is 0 Å². The van der Waals surface area contributed by atoms with Crippen LogP contribution in [0.2, 0.25) is 0 Å². The molecule has 0 amide bonds. The van der Waals surface area contributed by atoms with E-state index in [0.717, 1.165) is 12.0 Å². The number of hydrogen-bond acceptors (Lipinski definition) is 2. The summed E-state index contributed by atoms with van der Waals surface area (Å²) in [5.41, 5.74) is 0. The molecule has 1 aliphatic heterocycles. The van der Waals surface area contributed by atoms with Gasteiger partial charge in [0.15, 0.2) is 0 Å². The highest BCUT2D eigenvalue weighted by Gasteiger charge is 2.34. The van der Waals surface area contributed by atoms with Gasteiger partial charge in [0.05, 0.1) is 0 Å². The standard InChI is InChI=1S/C14H28N2/c1-2-9-15-12-13-7-8-14(13)16-10-5-3-4-6-11-16/h13-15H,2-12H2,1H3. The third-order valence-corrected chi connectivity index (χ3v) is 4.32. The van der Waals surface area contributed by atoms with Gasteiger partial charge < -0.3 is 10.2 Å². The summed E-state index contributed by atoms with van der Waals surface area (Å²) in [6.45, 7) is 7.45. The predicted octanol–water partition coefficient (Wildman–Crippen LogP) is 2.64. The first-order chi connectivity index (χ1) is 7.92. The summed E-state index contributed by atoms with van der Waals surface area (Å²) < 4.78 is 0. The fourth-order valence-corrected chi connectivity index (χ4v) is 3.16. The molecule has 0 aromatic heterocycles. The molecule has 2 heteroatoms. The lowest BCUT2D eigenvalue weighted by molar-refractivity contribution is 0.0647. The fourth-order valence-electron chi connectivity index (χ4n) is 3.16. The number of rotatable bonds is 5. The zero-order valence-corrected chi connectivity index (χ0v) is 10.9. The van der Waals surface area contributed by atoms with Crippen molar-refractivity contribution >= 4 is 0 Å². The minimum atomic E-state index is 0.919. The molecule has 2 atom stereocenters. The molecule has 2 aliphatic rings. The second-order valence-electron chi connectivity index (χ2n) is 5.56. The Labute approximate surface area is 101 Å². The number of nitrogens with zero attached hydrogens (tertiary/aromatic N) is 1. The average Bonchev–Trinajstić information content (AvgIpc) is 2.52. The van der Waals surface area contributed by atoms with Crippen molar-refractivity contribution < 1.29 is 0 Å². The SMILES string of the molecule is CCCNCC1CCC1N1CCCCCC1. The lowest BCUT2D eigenvalue weighted by atomic mass is 9.78. The van der Waals surface area contributed by atoms with E-state index in [-0.39, 0.29) is 0 Å². The average molecular weight is 224 g/mol. The Morgan fingerprint density at radius 2 is 1.81 bits per heavy atom. The molecule has 0 radical (unpaired) electrons. The van der Waals surface area contributed by atoms with Crippen LogP contribution in [0, 0.1) is 5.92 Å². The molecule has 0 aromatic rings. The lowest BCUT2D eigenvalue weighted by Gasteiger charge is -2.44. The number of nitrogens with one attached hydrogen (secondary N) is 1. The van der Waals surface area contributed by atoms with Crippen LogP contribution >= 0.6 is 0 Å². The summed E-state index contributed by atoms with van der Waals surface area (Å²) in [6, 6.07) is 0.919. The summed E-state index contributed by atoms with van der Waals surface area (Å²) >= 11 is 0. The first-order valence-corrected chi connectivity index (χ1v) is 7.36. The van der Waals surface area contributed by atoms with Gasteiger partial charge in [0.1, 0.15) is 0 Å². The molecule has 2 nitrogen and oxygen atoms in total. The van der Waals surface area contributed by atoms with Gasteiger partial charge in [0.25, 0.3) is 0 Å².